The van der Waals surface area contributed by atoms with Gasteiger partial charge in [-0.1, -0.05) is 12.1 Å². The van der Waals surface area contributed by atoms with Crippen LogP contribution in [0.4, 0.5) is 5.82 Å². The fourth-order valence-electron chi connectivity index (χ4n) is 2.09. The van der Waals surface area contributed by atoms with Crippen molar-refractivity contribution in [2.75, 3.05) is 32.8 Å². The van der Waals surface area contributed by atoms with Gasteiger partial charge in [-0.15, -0.1) is 0 Å². The lowest BCUT2D eigenvalue weighted by Gasteiger charge is -2.11. The number of benzene rings is 1. The minimum Gasteiger partial charge on any atom is -0.493 e. The first-order chi connectivity index (χ1) is 13.1. The van der Waals surface area contributed by atoms with Crippen LogP contribution < -0.4 is 26.3 Å². The van der Waals surface area contributed by atoms with Crippen molar-refractivity contribution < 1.29 is 14.2 Å². The summed E-state index contributed by atoms with van der Waals surface area (Å²) < 4.78 is 15.9. The first kappa shape index (κ1) is 20.0. The molecular formula is C18H24N6O3. The van der Waals surface area contributed by atoms with E-state index in [-0.39, 0.29) is 11.9 Å². The van der Waals surface area contributed by atoms with E-state index in [4.69, 9.17) is 25.7 Å². The predicted octanol–water partition coefficient (Wildman–Crippen LogP) is 1.36. The maximum Gasteiger partial charge on any atom is 0.218 e. The standard InChI is InChI=1S/C18H24N6O3/c1-25-9-10-27-15-11-13(6-7-14(15)26-2)12-22-17(19)24-18(20)23-16-5-3-4-8-21-16/h3-8,11H,9-10,12H2,1-2H3,(H5,19,20,21,22,23,24). The van der Waals surface area contributed by atoms with Crippen LogP contribution in [0.3, 0.4) is 0 Å². The second kappa shape index (κ2) is 10.6. The topological polar surface area (TPSA) is 129 Å². The third-order valence-corrected chi connectivity index (χ3v) is 3.35. The van der Waals surface area contributed by atoms with Crippen molar-refractivity contribution in [1.29, 1.82) is 0 Å². The first-order valence-corrected chi connectivity index (χ1v) is 8.23. The number of aliphatic imine (C=N–C) groups is 2. The second-order valence-electron chi connectivity index (χ2n) is 5.34. The molecule has 0 amide bonds. The Kier molecular flexibility index (Phi) is 7.86. The third kappa shape index (κ3) is 6.83. The first-order valence-electron chi connectivity index (χ1n) is 8.23. The molecule has 144 valence electrons. The number of anilines is 1. The molecule has 0 aliphatic rings. The monoisotopic (exact) mass is 372 g/mol. The van der Waals surface area contributed by atoms with Crippen molar-refractivity contribution in [3.8, 4) is 11.5 Å². The summed E-state index contributed by atoms with van der Waals surface area (Å²) in [5.74, 6) is 1.97. The van der Waals surface area contributed by atoms with Gasteiger partial charge in [-0.3, -0.25) is 0 Å². The highest BCUT2D eigenvalue weighted by Crippen LogP contribution is 2.28. The van der Waals surface area contributed by atoms with Crippen LogP contribution in [0.1, 0.15) is 5.56 Å². The zero-order valence-corrected chi connectivity index (χ0v) is 15.4. The van der Waals surface area contributed by atoms with Gasteiger partial charge in [0.15, 0.2) is 11.5 Å². The quantitative estimate of drug-likeness (QED) is 0.362. The van der Waals surface area contributed by atoms with E-state index >= 15 is 0 Å². The summed E-state index contributed by atoms with van der Waals surface area (Å²) in [5.41, 5.74) is 12.5. The molecule has 0 unspecified atom stereocenters. The number of nitrogens with zero attached hydrogens (tertiary/aromatic N) is 3. The molecule has 0 fully saturated rings. The molecular weight excluding hydrogens is 348 g/mol. The summed E-state index contributed by atoms with van der Waals surface area (Å²) in [6.45, 7) is 1.22. The molecule has 0 spiro atoms. The zero-order chi connectivity index (χ0) is 19.5. The Hall–Kier alpha value is -3.33. The molecule has 0 saturated heterocycles. The Labute approximate surface area is 158 Å². The fraction of sp³-hybridized carbons (Fsp3) is 0.278. The van der Waals surface area contributed by atoms with Crippen LogP contribution in [0.5, 0.6) is 11.5 Å². The highest BCUT2D eigenvalue weighted by atomic mass is 16.5. The van der Waals surface area contributed by atoms with Gasteiger partial charge < -0.3 is 31.0 Å². The molecule has 27 heavy (non-hydrogen) atoms. The highest BCUT2D eigenvalue weighted by Gasteiger charge is 2.06. The molecule has 0 aliphatic heterocycles. The summed E-state index contributed by atoms with van der Waals surface area (Å²) >= 11 is 0. The van der Waals surface area contributed by atoms with Crippen LogP contribution in [0.15, 0.2) is 52.6 Å². The van der Waals surface area contributed by atoms with Gasteiger partial charge in [0.1, 0.15) is 12.4 Å². The van der Waals surface area contributed by atoms with Gasteiger partial charge in [0, 0.05) is 13.3 Å². The van der Waals surface area contributed by atoms with Gasteiger partial charge in [0.25, 0.3) is 0 Å². The smallest absolute Gasteiger partial charge is 0.218 e. The Morgan fingerprint density at radius 3 is 2.67 bits per heavy atom. The van der Waals surface area contributed by atoms with Gasteiger partial charge in [0.05, 0.1) is 20.3 Å². The van der Waals surface area contributed by atoms with Crippen LogP contribution >= 0.6 is 0 Å². The van der Waals surface area contributed by atoms with Crippen LogP contribution in [-0.2, 0) is 11.3 Å². The minimum atomic E-state index is 0.0496. The zero-order valence-electron chi connectivity index (χ0n) is 15.4. The molecule has 0 radical (unpaired) electrons. The van der Waals surface area contributed by atoms with Gasteiger partial charge in [0.2, 0.25) is 11.9 Å². The number of hydrogen-bond donors (Lipinski definition) is 3. The summed E-state index contributed by atoms with van der Waals surface area (Å²) in [7, 11) is 3.20. The number of methoxy groups -OCH3 is 2. The Balaban J connectivity index is 2.00. The van der Waals surface area contributed by atoms with Gasteiger partial charge in [-0.25, -0.2) is 9.98 Å². The molecule has 0 saturated carbocycles. The van der Waals surface area contributed by atoms with Crippen molar-refractivity contribution in [3.63, 3.8) is 0 Å². The third-order valence-electron chi connectivity index (χ3n) is 3.35. The number of aromatic nitrogens is 1. The lowest BCUT2D eigenvalue weighted by molar-refractivity contribution is 0.144. The van der Waals surface area contributed by atoms with Crippen molar-refractivity contribution in [2.24, 2.45) is 21.5 Å². The molecule has 0 atom stereocenters. The number of nitrogens with two attached hydrogens (primary N) is 2. The summed E-state index contributed by atoms with van der Waals surface area (Å²) in [6, 6.07) is 10.9. The SMILES string of the molecule is COCCOc1cc(CN=C(N)N=C(N)Nc2ccccn2)ccc1OC. The predicted molar refractivity (Wildman–Crippen MR) is 105 cm³/mol. The molecule has 9 heteroatoms. The highest BCUT2D eigenvalue weighted by molar-refractivity contribution is 6.00. The van der Waals surface area contributed by atoms with E-state index < -0.39 is 0 Å². The van der Waals surface area contributed by atoms with E-state index in [9.17, 15) is 0 Å². The number of nitrogens with one attached hydrogen (secondary N) is 1. The average Bonchev–Trinajstić information content (AvgIpc) is 2.67. The molecule has 1 aromatic heterocycles. The molecule has 2 rings (SSSR count). The summed E-state index contributed by atoms with van der Waals surface area (Å²) in [6.07, 6.45) is 1.64. The Morgan fingerprint density at radius 2 is 1.96 bits per heavy atom. The van der Waals surface area contributed by atoms with E-state index in [1.165, 1.54) is 0 Å². The van der Waals surface area contributed by atoms with E-state index in [1.54, 1.807) is 32.5 Å². The number of pyridine rings is 1. The van der Waals surface area contributed by atoms with Crippen molar-refractivity contribution in [3.05, 3.63) is 48.2 Å². The number of ether oxygens (including phenoxy) is 3. The van der Waals surface area contributed by atoms with Crippen LogP contribution in [0, 0.1) is 0 Å². The molecule has 0 bridgehead atoms. The maximum atomic E-state index is 5.82. The van der Waals surface area contributed by atoms with Gasteiger partial charge in [-0.2, -0.15) is 4.99 Å². The normalized spacial score (nSPS) is 11.9. The Morgan fingerprint density at radius 1 is 1.11 bits per heavy atom. The largest absolute Gasteiger partial charge is 0.493 e. The molecule has 5 N–H and O–H groups in total. The summed E-state index contributed by atoms with van der Waals surface area (Å²) in [5, 5.41) is 2.83. The van der Waals surface area contributed by atoms with E-state index in [2.05, 4.69) is 20.3 Å². The average molecular weight is 372 g/mol. The van der Waals surface area contributed by atoms with Gasteiger partial charge >= 0.3 is 0 Å². The minimum absolute atomic E-state index is 0.0496. The van der Waals surface area contributed by atoms with Gasteiger partial charge in [-0.05, 0) is 29.8 Å². The van der Waals surface area contributed by atoms with Crippen LogP contribution in [0.25, 0.3) is 0 Å². The van der Waals surface area contributed by atoms with Crippen molar-refractivity contribution >= 4 is 17.7 Å². The van der Waals surface area contributed by atoms with E-state index in [1.807, 2.05) is 24.3 Å². The molecule has 0 aliphatic carbocycles. The molecule has 1 aromatic carbocycles. The second-order valence-corrected chi connectivity index (χ2v) is 5.34. The maximum absolute atomic E-state index is 5.82. The number of guanidine groups is 2. The molecule has 2 aromatic rings. The lowest BCUT2D eigenvalue weighted by atomic mass is 10.2. The Bertz CT molecular complexity index is 780. The van der Waals surface area contributed by atoms with E-state index in [0.717, 1.165) is 5.56 Å². The van der Waals surface area contributed by atoms with Crippen LogP contribution in [0.2, 0.25) is 0 Å². The molecule has 1 heterocycles. The number of hydrogen-bond acceptors (Lipinski definition) is 5. The summed E-state index contributed by atoms with van der Waals surface area (Å²) in [4.78, 5) is 12.3. The van der Waals surface area contributed by atoms with Crippen molar-refractivity contribution in [2.45, 2.75) is 6.54 Å². The number of rotatable bonds is 8. The lowest BCUT2D eigenvalue weighted by Crippen LogP contribution is -2.26. The fourth-order valence-corrected chi connectivity index (χ4v) is 2.09. The molecule has 9 nitrogen and oxygen atoms in total. The van der Waals surface area contributed by atoms with E-state index in [0.29, 0.717) is 37.1 Å². The van der Waals surface area contributed by atoms with Crippen LogP contribution in [-0.4, -0.2) is 44.3 Å². The van der Waals surface area contributed by atoms with Crippen molar-refractivity contribution in [1.82, 2.24) is 4.98 Å².